The smallest absolute Gasteiger partial charge is 0.252 e. The van der Waals surface area contributed by atoms with Crippen LogP contribution in [0.2, 0.25) is 5.02 Å². The summed E-state index contributed by atoms with van der Waals surface area (Å²) in [6.07, 6.45) is 2.49. The molecule has 0 bridgehead atoms. The summed E-state index contributed by atoms with van der Waals surface area (Å²) in [5.74, 6) is 0.469. The number of carbonyl (C=O) groups is 1. The minimum atomic E-state index is -0.159. The molecule has 0 aromatic heterocycles. The maximum Gasteiger partial charge on any atom is 0.252 e. The minimum Gasteiger partial charge on any atom is -0.382 e. The Morgan fingerprint density at radius 3 is 2.90 bits per heavy atom. The highest BCUT2D eigenvalue weighted by atomic mass is 35.5. The van der Waals surface area contributed by atoms with Gasteiger partial charge in [0.15, 0.2) is 0 Å². The number of hydrogen-bond acceptors (Lipinski definition) is 3. The van der Waals surface area contributed by atoms with Crippen LogP contribution >= 0.6 is 11.6 Å². The van der Waals surface area contributed by atoms with Crippen molar-refractivity contribution in [3.8, 4) is 0 Å². The Balaban J connectivity index is 2.06. The summed E-state index contributed by atoms with van der Waals surface area (Å²) < 4.78 is 0. The second kappa shape index (κ2) is 7.14. The third-order valence-electron chi connectivity index (χ3n) is 4.20. The van der Waals surface area contributed by atoms with Gasteiger partial charge in [0.05, 0.1) is 10.6 Å². The number of anilines is 1. The van der Waals surface area contributed by atoms with Crippen LogP contribution in [0.3, 0.4) is 0 Å². The van der Waals surface area contributed by atoms with E-state index in [1.54, 1.807) is 13.1 Å². The van der Waals surface area contributed by atoms with E-state index in [-0.39, 0.29) is 5.91 Å². The summed E-state index contributed by atoms with van der Waals surface area (Å²) in [4.78, 5) is 14.2. The average molecular weight is 310 g/mol. The number of amides is 1. The molecule has 2 rings (SSSR count). The van der Waals surface area contributed by atoms with E-state index >= 15 is 0 Å². The van der Waals surface area contributed by atoms with Crippen molar-refractivity contribution in [3.63, 3.8) is 0 Å². The Hall–Kier alpha value is -1.26. The van der Waals surface area contributed by atoms with Gasteiger partial charge in [0.25, 0.3) is 5.91 Å². The van der Waals surface area contributed by atoms with Crippen LogP contribution in [0.15, 0.2) is 18.2 Å². The molecular weight excluding hydrogens is 286 g/mol. The number of carbonyl (C=O) groups excluding carboxylic acids is 1. The molecule has 1 aliphatic heterocycles. The molecule has 2 unspecified atom stereocenters. The Labute approximate surface area is 131 Å². The molecule has 2 N–H and O–H groups in total. The Morgan fingerprint density at radius 2 is 2.24 bits per heavy atom. The van der Waals surface area contributed by atoms with E-state index in [0.717, 1.165) is 12.2 Å². The summed E-state index contributed by atoms with van der Waals surface area (Å²) in [6.45, 7) is 4.51. The molecule has 1 aliphatic rings. The molecule has 1 fully saturated rings. The second-order valence-corrected chi connectivity index (χ2v) is 6.28. The number of piperidine rings is 1. The molecule has 1 aromatic rings. The maximum absolute atomic E-state index is 11.8. The van der Waals surface area contributed by atoms with Crippen molar-refractivity contribution >= 4 is 23.2 Å². The van der Waals surface area contributed by atoms with Crippen LogP contribution in [0.25, 0.3) is 0 Å². The summed E-state index contributed by atoms with van der Waals surface area (Å²) in [6, 6.07) is 5.89. The quantitative estimate of drug-likeness (QED) is 0.899. The molecule has 0 aliphatic carbocycles. The highest BCUT2D eigenvalue weighted by Gasteiger charge is 2.23. The van der Waals surface area contributed by atoms with E-state index in [0.29, 0.717) is 22.5 Å². The molecule has 4 nitrogen and oxygen atoms in total. The van der Waals surface area contributed by atoms with Gasteiger partial charge in [0.1, 0.15) is 0 Å². The second-order valence-electron chi connectivity index (χ2n) is 5.87. The van der Waals surface area contributed by atoms with Crippen LogP contribution in [0.1, 0.15) is 30.1 Å². The van der Waals surface area contributed by atoms with Gasteiger partial charge in [-0.1, -0.05) is 11.6 Å². The topological polar surface area (TPSA) is 44.4 Å². The van der Waals surface area contributed by atoms with Crippen molar-refractivity contribution in [2.45, 2.75) is 25.8 Å². The lowest BCUT2D eigenvalue weighted by Crippen LogP contribution is -2.39. The zero-order chi connectivity index (χ0) is 15.4. The summed E-state index contributed by atoms with van der Waals surface area (Å²) >= 11 is 6.08. The molecule has 0 saturated carbocycles. The van der Waals surface area contributed by atoms with Crippen LogP contribution < -0.4 is 10.6 Å². The van der Waals surface area contributed by atoms with Gasteiger partial charge in [0.2, 0.25) is 0 Å². The first-order valence-electron chi connectivity index (χ1n) is 7.48. The lowest BCUT2D eigenvalue weighted by molar-refractivity contribution is 0.0963. The van der Waals surface area contributed by atoms with Gasteiger partial charge >= 0.3 is 0 Å². The average Bonchev–Trinajstić information content (AvgIpc) is 2.48. The number of rotatable bonds is 4. The van der Waals surface area contributed by atoms with Crippen molar-refractivity contribution < 1.29 is 4.79 Å². The molecule has 0 radical (unpaired) electrons. The Morgan fingerprint density at radius 1 is 1.48 bits per heavy atom. The van der Waals surface area contributed by atoms with Crippen molar-refractivity contribution in [1.82, 2.24) is 10.2 Å². The Kier molecular flexibility index (Phi) is 5.48. The van der Waals surface area contributed by atoms with Gasteiger partial charge in [-0.3, -0.25) is 4.79 Å². The number of halogens is 1. The van der Waals surface area contributed by atoms with E-state index in [1.807, 2.05) is 12.1 Å². The van der Waals surface area contributed by atoms with E-state index < -0.39 is 0 Å². The van der Waals surface area contributed by atoms with Crippen LogP contribution in [-0.2, 0) is 0 Å². The molecule has 1 heterocycles. The first-order chi connectivity index (χ1) is 10.0. The summed E-state index contributed by atoms with van der Waals surface area (Å²) in [5.41, 5.74) is 1.45. The number of nitrogens with zero attached hydrogens (tertiary/aromatic N) is 1. The van der Waals surface area contributed by atoms with E-state index in [4.69, 9.17) is 11.6 Å². The standard InChI is InChI=1S/C16H24ClN3O/c1-11(12-5-4-8-20(3)10-12)19-13-6-7-15(17)14(9-13)16(21)18-2/h6-7,9,11-12,19H,4-5,8,10H2,1-3H3,(H,18,21). The fraction of sp³-hybridized carbons (Fsp3) is 0.562. The number of benzene rings is 1. The van der Waals surface area contributed by atoms with Crippen molar-refractivity contribution in [2.24, 2.45) is 5.92 Å². The normalized spacial score (nSPS) is 20.9. The molecule has 2 atom stereocenters. The first kappa shape index (κ1) is 16.1. The summed E-state index contributed by atoms with van der Waals surface area (Å²) in [5, 5.41) is 6.60. The SMILES string of the molecule is CNC(=O)c1cc(NC(C)C2CCCN(C)C2)ccc1Cl. The van der Waals surface area contributed by atoms with Gasteiger partial charge in [-0.15, -0.1) is 0 Å². The molecule has 21 heavy (non-hydrogen) atoms. The van der Waals surface area contributed by atoms with Crippen molar-refractivity contribution in [1.29, 1.82) is 0 Å². The van der Waals surface area contributed by atoms with Crippen LogP contribution in [-0.4, -0.2) is 44.0 Å². The maximum atomic E-state index is 11.8. The lowest BCUT2D eigenvalue weighted by Gasteiger charge is -2.34. The fourth-order valence-corrected chi connectivity index (χ4v) is 3.12. The predicted octanol–water partition coefficient (Wildman–Crippen LogP) is 2.84. The first-order valence-corrected chi connectivity index (χ1v) is 7.85. The molecule has 1 amide bonds. The monoisotopic (exact) mass is 309 g/mol. The highest BCUT2D eigenvalue weighted by Crippen LogP contribution is 2.24. The molecule has 1 saturated heterocycles. The Bertz CT molecular complexity index is 506. The van der Waals surface area contributed by atoms with E-state index in [9.17, 15) is 4.79 Å². The highest BCUT2D eigenvalue weighted by molar-refractivity contribution is 6.34. The third-order valence-corrected chi connectivity index (χ3v) is 4.53. The zero-order valence-corrected chi connectivity index (χ0v) is 13.7. The summed E-state index contributed by atoms with van der Waals surface area (Å²) in [7, 11) is 3.78. The third kappa shape index (κ3) is 4.11. The van der Waals surface area contributed by atoms with Crippen LogP contribution in [0.4, 0.5) is 5.69 Å². The van der Waals surface area contributed by atoms with Crippen molar-refractivity contribution in [3.05, 3.63) is 28.8 Å². The zero-order valence-electron chi connectivity index (χ0n) is 12.9. The van der Waals surface area contributed by atoms with Gasteiger partial charge in [-0.25, -0.2) is 0 Å². The molecule has 116 valence electrons. The fourth-order valence-electron chi connectivity index (χ4n) is 2.92. The van der Waals surface area contributed by atoms with E-state index in [1.165, 1.54) is 19.4 Å². The number of nitrogens with one attached hydrogen (secondary N) is 2. The van der Waals surface area contributed by atoms with Gasteiger partial charge in [0, 0.05) is 25.3 Å². The van der Waals surface area contributed by atoms with Crippen LogP contribution in [0.5, 0.6) is 0 Å². The number of hydrogen-bond donors (Lipinski definition) is 2. The largest absolute Gasteiger partial charge is 0.382 e. The number of likely N-dealkylation sites (tertiary alicyclic amines) is 1. The van der Waals surface area contributed by atoms with Gasteiger partial charge in [-0.2, -0.15) is 0 Å². The molecule has 1 aromatic carbocycles. The minimum absolute atomic E-state index is 0.159. The van der Waals surface area contributed by atoms with Gasteiger partial charge in [-0.05, 0) is 57.5 Å². The van der Waals surface area contributed by atoms with Gasteiger partial charge < -0.3 is 15.5 Å². The lowest BCUT2D eigenvalue weighted by atomic mass is 9.91. The molecule has 5 heteroatoms. The molecular formula is C16H24ClN3O. The predicted molar refractivity (Wildman–Crippen MR) is 88.1 cm³/mol. The molecule has 0 spiro atoms. The van der Waals surface area contributed by atoms with Crippen molar-refractivity contribution in [2.75, 3.05) is 32.5 Å². The van der Waals surface area contributed by atoms with E-state index in [2.05, 4.69) is 29.5 Å². The van der Waals surface area contributed by atoms with Crippen LogP contribution in [0, 0.1) is 5.92 Å².